The lowest BCUT2D eigenvalue weighted by molar-refractivity contribution is -0.114. The average Bonchev–Trinajstić information content (AvgIpc) is 2.63. The average molecular weight is 342 g/mol. The van der Waals surface area contributed by atoms with Crippen molar-refractivity contribution in [3.8, 4) is 11.5 Å². The van der Waals surface area contributed by atoms with Gasteiger partial charge >= 0.3 is 0 Å². The Balaban J connectivity index is 1.75. The topological polar surface area (TPSA) is 59.6 Å². The van der Waals surface area contributed by atoms with Crippen LogP contribution in [-0.4, -0.2) is 25.7 Å². The summed E-state index contributed by atoms with van der Waals surface area (Å²) in [5, 5.41) is 5.94. The minimum atomic E-state index is -0.104. The van der Waals surface area contributed by atoms with Crippen LogP contribution in [0, 0.1) is 0 Å². The highest BCUT2D eigenvalue weighted by molar-refractivity contribution is 5.93. The summed E-state index contributed by atoms with van der Waals surface area (Å²) >= 11 is 0. The molecule has 0 aliphatic carbocycles. The molecule has 0 spiro atoms. The highest BCUT2D eigenvalue weighted by Crippen LogP contribution is 2.17. The number of hydrogen-bond donors (Lipinski definition) is 2. The number of unbranched alkanes of at least 4 members (excludes halogenated alkanes) is 1. The van der Waals surface area contributed by atoms with E-state index in [1.165, 1.54) is 0 Å². The Bertz CT molecular complexity index is 639. The largest absolute Gasteiger partial charge is 0.494 e. The Morgan fingerprint density at radius 2 is 1.48 bits per heavy atom. The van der Waals surface area contributed by atoms with Crippen LogP contribution in [0.3, 0.4) is 0 Å². The molecule has 25 heavy (non-hydrogen) atoms. The van der Waals surface area contributed by atoms with Gasteiger partial charge in [-0.05, 0) is 61.9 Å². The van der Waals surface area contributed by atoms with Crippen LogP contribution in [0.1, 0.15) is 26.7 Å². The molecule has 0 fully saturated rings. The number of rotatable bonds is 10. The molecule has 5 heteroatoms. The van der Waals surface area contributed by atoms with Gasteiger partial charge in [-0.2, -0.15) is 0 Å². The standard InChI is InChI=1S/C20H26N2O3/c1-3-5-14-25-19-10-6-16(7-11-19)21-15-20(23)22-17-8-12-18(13-9-17)24-4-2/h6-13,21H,3-5,14-15H2,1-2H3,(H,22,23). The SMILES string of the molecule is CCCCOc1ccc(NCC(=O)Nc2ccc(OCC)cc2)cc1. The van der Waals surface area contributed by atoms with E-state index in [0.717, 1.165) is 42.3 Å². The van der Waals surface area contributed by atoms with E-state index < -0.39 is 0 Å². The van der Waals surface area contributed by atoms with Gasteiger partial charge in [0, 0.05) is 11.4 Å². The van der Waals surface area contributed by atoms with Crippen molar-refractivity contribution < 1.29 is 14.3 Å². The van der Waals surface area contributed by atoms with E-state index in [1.54, 1.807) is 0 Å². The Kier molecular flexibility index (Phi) is 7.63. The molecule has 0 unspecified atom stereocenters. The molecule has 5 nitrogen and oxygen atoms in total. The minimum absolute atomic E-state index is 0.104. The van der Waals surface area contributed by atoms with E-state index in [-0.39, 0.29) is 12.5 Å². The minimum Gasteiger partial charge on any atom is -0.494 e. The first-order valence-electron chi connectivity index (χ1n) is 8.70. The second-order valence-electron chi connectivity index (χ2n) is 5.59. The van der Waals surface area contributed by atoms with E-state index in [9.17, 15) is 4.79 Å². The Hall–Kier alpha value is -2.69. The second kappa shape index (κ2) is 10.2. The van der Waals surface area contributed by atoms with E-state index in [1.807, 2.05) is 55.5 Å². The lowest BCUT2D eigenvalue weighted by Crippen LogP contribution is -2.21. The first kappa shape index (κ1) is 18.6. The van der Waals surface area contributed by atoms with Crippen molar-refractivity contribution in [3.05, 3.63) is 48.5 Å². The van der Waals surface area contributed by atoms with Gasteiger partial charge in [0.05, 0.1) is 19.8 Å². The fourth-order valence-electron chi connectivity index (χ4n) is 2.19. The maximum atomic E-state index is 12.0. The molecule has 2 aromatic rings. The molecule has 2 aromatic carbocycles. The van der Waals surface area contributed by atoms with Gasteiger partial charge in [-0.3, -0.25) is 4.79 Å². The summed E-state index contributed by atoms with van der Waals surface area (Å²) in [7, 11) is 0. The van der Waals surface area contributed by atoms with Gasteiger partial charge in [-0.15, -0.1) is 0 Å². The third kappa shape index (κ3) is 6.75. The normalized spacial score (nSPS) is 10.2. The molecule has 0 atom stereocenters. The number of carbonyl (C=O) groups excluding carboxylic acids is 1. The number of carbonyl (C=O) groups is 1. The predicted octanol–water partition coefficient (Wildman–Crippen LogP) is 4.31. The molecule has 1 amide bonds. The van der Waals surface area contributed by atoms with E-state index >= 15 is 0 Å². The Morgan fingerprint density at radius 3 is 2.08 bits per heavy atom. The summed E-state index contributed by atoms with van der Waals surface area (Å²) < 4.78 is 11.0. The number of nitrogens with one attached hydrogen (secondary N) is 2. The van der Waals surface area contributed by atoms with Gasteiger partial charge in [-0.1, -0.05) is 13.3 Å². The molecule has 0 aliphatic heterocycles. The fraction of sp³-hybridized carbons (Fsp3) is 0.350. The Morgan fingerprint density at radius 1 is 0.880 bits per heavy atom. The molecule has 134 valence electrons. The third-order valence-electron chi connectivity index (χ3n) is 3.52. The number of anilines is 2. The van der Waals surface area contributed by atoms with Crippen LogP contribution in [0.15, 0.2) is 48.5 Å². The van der Waals surface area contributed by atoms with Crippen molar-refractivity contribution in [2.24, 2.45) is 0 Å². The van der Waals surface area contributed by atoms with Crippen molar-refractivity contribution in [2.45, 2.75) is 26.7 Å². The molecule has 0 heterocycles. The van der Waals surface area contributed by atoms with Crippen LogP contribution < -0.4 is 20.1 Å². The summed E-state index contributed by atoms with van der Waals surface area (Å²) in [6, 6.07) is 15.0. The summed E-state index contributed by atoms with van der Waals surface area (Å²) in [6.45, 7) is 5.62. The van der Waals surface area contributed by atoms with Crippen LogP contribution >= 0.6 is 0 Å². The zero-order valence-corrected chi connectivity index (χ0v) is 14.9. The van der Waals surface area contributed by atoms with Gasteiger partial charge in [0.25, 0.3) is 0 Å². The third-order valence-corrected chi connectivity index (χ3v) is 3.52. The summed E-state index contributed by atoms with van der Waals surface area (Å²) in [6.07, 6.45) is 2.16. The van der Waals surface area contributed by atoms with E-state index in [2.05, 4.69) is 17.6 Å². The zero-order chi connectivity index (χ0) is 17.9. The molecule has 0 radical (unpaired) electrons. The second-order valence-corrected chi connectivity index (χ2v) is 5.59. The van der Waals surface area contributed by atoms with Gasteiger partial charge in [0.15, 0.2) is 0 Å². The van der Waals surface area contributed by atoms with Crippen molar-refractivity contribution in [2.75, 3.05) is 30.4 Å². The van der Waals surface area contributed by atoms with E-state index in [0.29, 0.717) is 6.61 Å². The number of ether oxygens (including phenoxy) is 2. The van der Waals surface area contributed by atoms with Crippen molar-refractivity contribution >= 4 is 17.3 Å². The summed E-state index contributed by atoms with van der Waals surface area (Å²) in [5.74, 6) is 1.53. The molecule has 2 rings (SSSR count). The maximum Gasteiger partial charge on any atom is 0.243 e. The highest BCUT2D eigenvalue weighted by atomic mass is 16.5. The number of hydrogen-bond acceptors (Lipinski definition) is 4. The lowest BCUT2D eigenvalue weighted by Gasteiger charge is -2.10. The molecule has 2 N–H and O–H groups in total. The van der Waals surface area contributed by atoms with Crippen molar-refractivity contribution in [3.63, 3.8) is 0 Å². The first-order valence-corrected chi connectivity index (χ1v) is 8.70. The van der Waals surface area contributed by atoms with Gasteiger partial charge in [-0.25, -0.2) is 0 Å². The smallest absolute Gasteiger partial charge is 0.243 e. The highest BCUT2D eigenvalue weighted by Gasteiger charge is 2.03. The monoisotopic (exact) mass is 342 g/mol. The van der Waals surface area contributed by atoms with Crippen LogP contribution in [0.25, 0.3) is 0 Å². The Labute approximate surface area is 149 Å². The van der Waals surface area contributed by atoms with Crippen LogP contribution in [0.5, 0.6) is 11.5 Å². The fourth-order valence-corrected chi connectivity index (χ4v) is 2.19. The lowest BCUT2D eigenvalue weighted by atomic mass is 10.3. The number of benzene rings is 2. The van der Waals surface area contributed by atoms with Gasteiger partial charge < -0.3 is 20.1 Å². The van der Waals surface area contributed by atoms with Crippen LogP contribution in [0.4, 0.5) is 11.4 Å². The van der Waals surface area contributed by atoms with Crippen LogP contribution in [0.2, 0.25) is 0 Å². The quantitative estimate of drug-likeness (QED) is 0.632. The van der Waals surface area contributed by atoms with E-state index in [4.69, 9.17) is 9.47 Å². The summed E-state index contributed by atoms with van der Waals surface area (Å²) in [4.78, 5) is 12.0. The molecular weight excluding hydrogens is 316 g/mol. The molecule has 0 saturated heterocycles. The van der Waals surface area contributed by atoms with Gasteiger partial charge in [0.2, 0.25) is 5.91 Å². The van der Waals surface area contributed by atoms with Crippen molar-refractivity contribution in [1.82, 2.24) is 0 Å². The maximum absolute atomic E-state index is 12.0. The number of amides is 1. The van der Waals surface area contributed by atoms with Crippen molar-refractivity contribution in [1.29, 1.82) is 0 Å². The van der Waals surface area contributed by atoms with Gasteiger partial charge in [0.1, 0.15) is 11.5 Å². The zero-order valence-electron chi connectivity index (χ0n) is 14.9. The molecule has 0 bridgehead atoms. The van der Waals surface area contributed by atoms with Crippen LogP contribution in [-0.2, 0) is 4.79 Å². The molecular formula is C20H26N2O3. The molecule has 0 aromatic heterocycles. The molecule has 0 aliphatic rings. The summed E-state index contributed by atoms with van der Waals surface area (Å²) in [5.41, 5.74) is 1.62. The molecule has 0 saturated carbocycles. The first-order chi connectivity index (χ1) is 12.2. The predicted molar refractivity (Wildman–Crippen MR) is 102 cm³/mol.